The molecule has 15 heavy (non-hydrogen) atoms. The van der Waals surface area contributed by atoms with E-state index in [1.807, 2.05) is 11.9 Å². The Labute approximate surface area is 97.0 Å². The van der Waals surface area contributed by atoms with Gasteiger partial charge in [-0.2, -0.15) is 0 Å². The molecule has 1 aliphatic rings. The zero-order valence-electron chi connectivity index (χ0n) is 9.36. The second-order valence-electron chi connectivity index (χ2n) is 4.18. The maximum Gasteiger partial charge on any atom is 0.0230 e. The highest BCUT2D eigenvalue weighted by atomic mass is 32.2. The first-order valence-corrected chi connectivity index (χ1v) is 6.64. The molecular formula is C13H19NS. The van der Waals surface area contributed by atoms with Crippen molar-refractivity contribution in [1.82, 2.24) is 4.31 Å². The summed E-state index contributed by atoms with van der Waals surface area (Å²) in [6, 6.07) is 10.7. The average molecular weight is 221 g/mol. The highest BCUT2D eigenvalue weighted by molar-refractivity contribution is 7.97. The van der Waals surface area contributed by atoms with Crippen molar-refractivity contribution in [3.8, 4) is 0 Å². The molecule has 2 rings (SSSR count). The van der Waals surface area contributed by atoms with E-state index >= 15 is 0 Å². The van der Waals surface area contributed by atoms with Crippen molar-refractivity contribution in [2.75, 3.05) is 13.1 Å². The van der Waals surface area contributed by atoms with Crippen LogP contribution in [0.1, 0.15) is 26.2 Å². The second kappa shape index (κ2) is 5.57. The highest BCUT2D eigenvalue weighted by Gasteiger charge is 2.18. The van der Waals surface area contributed by atoms with E-state index in [0.717, 1.165) is 5.92 Å². The van der Waals surface area contributed by atoms with Crippen LogP contribution >= 0.6 is 11.9 Å². The SMILES string of the molecule is CCC1CCN(Sc2ccccc2)CC1. The van der Waals surface area contributed by atoms with Gasteiger partial charge < -0.3 is 0 Å². The van der Waals surface area contributed by atoms with E-state index in [9.17, 15) is 0 Å². The Morgan fingerprint density at radius 1 is 1.20 bits per heavy atom. The van der Waals surface area contributed by atoms with Gasteiger partial charge in [0.05, 0.1) is 0 Å². The van der Waals surface area contributed by atoms with Gasteiger partial charge in [-0.05, 0) is 42.8 Å². The molecule has 0 aromatic heterocycles. The van der Waals surface area contributed by atoms with E-state index in [2.05, 4.69) is 41.6 Å². The smallest absolute Gasteiger partial charge is 0.0230 e. The third-order valence-electron chi connectivity index (χ3n) is 3.13. The summed E-state index contributed by atoms with van der Waals surface area (Å²) in [6.45, 7) is 4.81. The van der Waals surface area contributed by atoms with Crippen LogP contribution in [0, 0.1) is 5.92 Å². The molecular weight excluding hydrogens is 202 g/mol. The predicted molar refractivity (Wildman–Crippen MR) is 66.9 cm³/mol. The molecule has 1 aliphatic heterocycles. The zero-order chi connectivity index (χ0) is 10.5. The largest absolute Gasteiger partial charge is 0.246 e. The molecule has 1 aromatic rings. The molecule has 0 atom stereocenters. The Balaban J connectivity index is 1.82. The molecule has 0 aliphatic carbocycles. The third kappa shape index (κ3) is 3.25. The van der Waals surface area contributed by atoms with Crippen molar-refractivity contribution < 1.29 is 0 Å². The van der Waals surface area contributed by atoms with Crippen LogP contribution < -0.4 is 0 Å². The lowest BCUT2D eigenvalue weighted by Gasteiger charge is -2.30. The van der Waals surface area contributed by atoms with Gasteiger partial charge in [0, 0.05) is 18.0 Å². The van der Waals surface area contributed by atoms with E-state index in [4.69, 9.17) is 0 Å². The van der Waals surface area contributed by atoms with Gasteiger partial charge in [-0.1, -0.05) is 31.5 Å². The summed E-state index contributed by atoms with van der Waals surface area (Å²) < 4.78 is 2.50. The minimum absolute atomic E-state index is 0.970. The Bertz CT molecular complexity index is 278. The highest BCUT2D eigenvalue weighted by Crippen LogP contribution is 2.28. The number of rotatable bonds is 3. The summed E-state index contributed by atoms with van der Waals surface area (Å²) in [5.74, 6) is 0.970. The molecule has 0 saturated carbocycles. The maximum absolute atomic E-state index is 2.50. The van der Waals surface area contributed by atoms with Gasteiger partial charge in [-0.3, -0.25) is 0 Å². The molecule has 1 nitrogen and oxygen atoms in total. The van der Waals surface area contributed by atoms with E-state index in [0.29, 0.717) is 0 Å². The first kappa shape index (κ1) is 11.0. The number of benzene rings is 1. The Hall–Kier alpha value is -0.470. The fourth-order valence-electron chi connectivity index (χ4n) is 2.04. The van der Waals surface area contributed by atoms with Crippen LogP contribution in [0.25, 0.3) is 0 Å². The molecule has 82 valence electrons. The van der Waals surface area contributed by atoms with E-state index in [1.165, 1.54) is 37.2 Å². The topological polar surface area (TPSA) is 3.24 Å². The molecule has 0 N–H and O–H groups in total. The van der Waals surface area contributed by atoms with Crippen LogP contribution in [-0.4, -0.2) is 17.4 Å². The first-order valence-electron chi connectivity index (χ1n) is 5.86. The van der Waals surface area contributed by atoms with Gasteiger partial charge in [0.25, 0.3) is 0 Å². The van der Waals surface area contributed by atoms with Crippen LogP contribution in [0.15, 0.2) is 35.2 Å². The lowest BCUT2D eigenvalue weighted by Crippen LogP contribution is -2.28. The van der Waals surface area contributed by atoms with E-state index in [-0.39, 0.29) is 0 Å². The predicted octanol–water partition coefficient (Wildman–Crippen LogP) is 3.82. The van der Waals surface area contributed by atoms with E-state index in [1.54, 1.807) is 0 Å². The van der Waals surface area contributed by atoms with Crippen LogP contribution in [0.3, 0.4) is 0 Å². The van der Waals surface area contributed by atoms with Gasteiger partial charge in [-0.15, -0.1) is 0 Å². The van der Waals surface area contributed by atoms with Crippen LogP contribution in [0.4, 0.5) is 0 Å². The van der Waals surface area contributed by atoms with E-state index < -0.39 is 0 Å². The molecule has 1 saturated heterocycles. The summed E-state index contributed by atoms with van der Waals surface area (Å²) in [5.41, 5.74) is 0. The van der Waals surface area contributed by atoms with Gasteiger partial charge in [-0.25, -0.2) is 4.31 Å². The monoisotopic (exact) mass is 221 g/mol. The Morgan fingerprint density at radius 2 is 1.87 bits per heavy atom. The van der Waals surface area contributed by atoms with Crippen LogP contribution in [-0.2, 0) is 0 Å². The molecule has 2 heteroatoms. The van der Waals surface area contributed by atoms with Crippen LogP contribution in [0.5, 0.6) is 0 Å². The van der Waals surface area contributed by atoms with Gasteiger partial charge in [0.15, 0.2) is 0 Å². The normalized spacial score (nSPS) is 19.3. The summed E-state index contributed by atoms with van der Waals surface area (Å²) in [6.07, 6.45) is 4.09. The molecule has 0 spiro atoms. The summed E-state index contributed by atoms with van der Waals surface area (Å²) >= 11 is 1.91. The summed E-state index contributed by atoms with van der Waals surface area (Å²) in [4.78, 5) is 1.37. The second-order valence-corrected chi connectivity index (χ2v) is 5.36. The average Bonchev–Trinajstić information content (AvgIpc) is 2.31. The Kier molecular flexibility index (Phi) is 4.09. The Morgan fingerprint density at radius 3 is 2.47 bits per heavy atom. The third-order valence-corrected chi connectivity index (χ3v) is 4.23. The number of nitrogens with zero attached hydrogens (tertiary/aromatic N) is 1. The molecule has 1 aromatic carbocycles. The maximum atomic E-state index is 2.50. The fraction of sp³-hybridized carbons (Fsp3) is 0.538. The van der Waals surface area contributed by atoms with Gasteiger partial charge in [0.1, 0.15) is 0 Å². The van der Waals surface area contributed by atoms with Crippen molar-refractivity contribution in [2.24, 2.45) is 5.92 Å². The van der Waals surface area contributed by atoms with Crippen molar-refractivity contribution in [3.05, 3.63) is 30.3 Å². The number of hydrogen-bond donors (Lipinski definition) is 0. The molecule has 0 bridgehead atoms. The number of piperidine rings is 1. The van der Waals surface area contributed by atoms with Gasteiger partial charge >= 0.3 is 0 Å². The molecule has 1 heterocycles. The summed E-state index contributed by atoms with van der Waals surface area (Å²) in [5, 5.41) is 0. The molecule has 1 fully saturated rings. The van der Waals surface area contributed by atoms with Crippen molar-refractivity contribution in [1.29, 1.82) is 0 Å². The minimum Gasteiger partial charge on any atom is -0.246 e. The fourth-order valence-corrected chi connectivity index (χ4v) is 3.01. The van der Waals surface area contributed by atoms with Crippen molar-refractivity contribution in [2.45, 2.75) is 31.1 Å². The van der Waals surface area contributed by atoms with Crippen molar-refractivity contribution >= 4 is 11.9 Å². The summed E-state index contributed by atoms with van der Waals surface area (Å²) in [7, 11) is 0. The number of hydrogen-bond acceptors (Lipinski definition) is 2. The lowest BCUT2D eigenvalue weighted by molar-refractivity contribution is 0.286. The quantitative estimate of drug-likeness (QED) is 0.714. The zero-order valence-corrected chi connectivity index (χ0v) is 10.2. The van der Waals surface area contributed by atoms with Gasteiger partial charge in [0.2, 0.25) is 0 Å². The first-order chi connectivity index (χ1) is 7.38. The molecule has 0 amide bonds. The molecule has 0 unspecified atom stereocenters. The standard InChI is InChI=1S/C13H19NS/c1-2-12-8-10-14(11-9-12)15-13-6-4-3-5-7-13/h3-7,12H,2,8-11H2,1H3. The lowest BCUT2D eigenvalue weighted by atomic mass is 9.96. The van der Waals surface area contributed by atoms with Crippen LogP contribution in [0.2, 0.25) is 0 Å². The molecule has 0 radical (unpaired) electrons. The van der Waals surface area contributed by atoms with Crippen molar-refractivity contribution in [3.63, 3.8) is 0 Å². The minimum atomic E-state index is 0.970.